The summed E-state index contributed by atoms with van der Waals surface area (Å²) in [6.45, 7) is 5.50. The second-order valence-corrected chi connectivity index (χ2v) is 4.99. The maximum atomic E-state index is 11.2. The Kier molecular flexibility index (Phi) is 5.92. The Bertz CT molecular complexity index is 553. The molecule has 0 bridgehead atoms. The molecule has 22 heavy (non-hydrogen) atoms. The van der Waals surface area contributed by atoms with Crippen LogP contribution in [0.5, 0.6) is 0 Å². The molecule has 3 nitrogen and oxygen atoms in total. The van der Waals surface area contributed by atoms with E-state index in [-0.39, 0.29) is 12.2 Å². The lowest BCUT2D eigenvalue weighted by Crippen LogP contribution is -2.21. The predicted octanol–water partition coefficient (Wildman–Crippen LogP) is 3.91. The predicted molar refractivity (Wildman–Crippen MR) is 86.4 cm³/mol. The Hall–Kier alpha value is -2.39. The number of hydrogen-bond donors (Lipinski definition) is 0. The van der Waals surface area contributed by atoms with Crippen molar-refractivity contribution in [1.82, 2.24) is 0 Å². The molecule has 0 aliphatic rings. The summed E-state index contributed by atoms with van der Waals surface area (Å²) in [7, 11) is 0. The third kappa shape index (κ3) is 4.57. The van der Waals surface area contributed by atoms with Crippen LogP contribution < -0.4 is 0 Å². The van der Waals surface area contributed by atoms with Gasteiger partial charge in [0.05, 0.1) is 6.61 Å². The molecule has 0 saturated heterocycles. The fourth-order valence-electron chi connectivity index (χ4n) is 2.15. The van der Waals surface area contributed by atoms with E-state index in [9.17, 15) is 4.79 Å². The van der Waals surface area contributed by atoms with Crippen LogP contribution in [0.25, 0.3) is 0 Å². The molecular weight excluding hydrogens is 276 g/mol. The van der Waals surface area contributed by atoms with Crippen molar-refractivity contribution in [2.45, 2.75) is 19.1 Å². The molecule has 2 rings (SSSR count). The van der Waals surface area contributed by atoms with Crippen LogP contribution in [0.2, 0.25) is 0 Å². The van der Waals surface area contributed by atoms with Gasteiger partial charge in [0.2, 0.25) is 0 Å². The van der Waals surface area contributed by atoms with Crippen molar-refractivity contribution in [3.05, 3.63) is 84.4 Å². The van der Waals surface area contributed by atoms with Gasteiger partial charge in [0, 0.05) is 6.08 Å². The molecule has 0 fully saturated rings. The summed E-state index contributed by atoms with van der Waals surface area (Å²) in [6, 6.07) is 20.0. The summed E-state index contributed by atoms with van der Waals surface area (Å²) >= 11 is 0. The van der Waals surface area contributed by atoms with E-state index in [1.54, 1.807) is 6.92 Å². The molecule has 0 amide bonds. The lowest BCUT2D eigenvalue weighted by atomic mass is 10.0. The van der Waals surface area contributed by atoms with Crippen LogP contribution >= 0.6 is 0 Å². The third-order valence-electron chi connectivity index (χ3n) is 3.19. The van der Waals surface area contributed by atoms with Gasteiger partial charge < -0.3 is 9.47 Å². The van der Waals surface area contributed by atoms with Crippen LogP contribution in [-0.2, 0) is 14.3 Å². The Morgan fingerprint density at radius 1 is 1.05 bits per heavy atom. The molecule has 0 radical (unpaired) electrons. The van der Waals surface area contributed by atoms with Crippen molar-refractivity contribution in [2.24, 2.45) is 0 Å². The smallest absolute Gasteiger partial charge is 0.330 e. The number of carbonyl (C=O) groups is 1. The van der Waals surface area contributed by atoms with Gasteiger partial charge >= 0.3 is 5.97 Å². The van der Waals surface area contributed by atoms with Crippen molar-refractivity contribution in [1.29, 1.82) is 0 Å². The average Bonchev–Trinajstić information content (AvgIpc) is 2.57. The lowest BCUT2D eigenvalue weighted by Gasteiger charge is -2.21. The first kappa shape index (κ1) is 16.0. The second kappa shape index (κ2) is 8.15. The van der Waals surface area contributed by atoms with Crippen molar-refractivity contribution >= 4 is 5.97 Å². The first-order valence-electron chi connectivity index (χ1n) is 7.25. The Morgan fingerprint density at radius 3 is 2.00 bits per heavy atom. The molecule has 114 valence electrons. The van der Waals surface area contributed by atoms with E-state index in [0.29, 0.717) is 6.61 Å². The first-order chi connectivity index (χ1) is 10.7. The van der Waals surface area contributed by atoms with E-state index in [4.69, 9.17) is 9.47 Å². The number of esters is 1. The number of ether oxygens (including phenoxy) is 2. The van der Waals surface area contributed by atoms with Gasteiger partial charge in [-0.2, -0.15) is 0 Å². The van der Waals surface area contributed by atoms with E-state index >= 15 is 0 Å². The highest BCUT2D eigenvalue weighted by Crippen LogP contribution is 2.26. The van der Waals surface area contributed by atoms with Gasteiger partial charge in [-0.15, -0.1) is 0 Å². The van der Waals surface area contributed by atoms with Crippen molar-refractivity contribution in [2.75, 3.05) is 6.61 Å². The summed E-state index contributed by atoms with van der Waals surface area (Å²) < 4.78 is 11.1. The minimum absolute atomic E-state index is 0.188. The average molecular weight is 296 g/mol. The van der Waals surface area contributed by atoms with E-state index < -0.39 is 5.97 Å². The van der Waals surface area contributed by atoms with Gasteiger partial charge in [-0.3, -0.25) is 0 Å². The highest BCUT2D eigenvalue weighted by Gasteiger charge is 2.16. The van der Waals surface area contributed by atoms with Crippen LogP contribution in [-0.4, -0.2) is 18.7 Å². The van der Waals surface area contributed by atoms with E-state index in [1.807, 2.05) is 60.7 Å². The molecule has 2 aromatic rings. The molecule has 0 aliphatic carbocycles. The van der Waals surface area contributed by atoms with Crippen molar-refractivity contribution < 1.29 is 14.3 Å². The van der Waals surface area contributed by atoms with E-state index in [2.05, 4.69) is 6.58 Å². The van der Waals surface area contributed by atoms with E-state index in [0.717, 1.165) is 17.2 Å². The summed E-state index contributed by atoms with van der Waals surface area (Å²) in [6.07, 6.45) is 0.634. The van der Waals surface area contributed by atoms with Crippen LogP contribution in [0.3, 0.4) is 0 Å². The molecule has 0 spiro atoms. The largest absolute Gasteiger partial charge is 0.457 e. The molecule has 0 heterocycles. The summed E-state index contributed by atoms with van der Waals surface area (Å²) in [5, 5.41) is 0. The van der Waals surface area contributed by atoms with E-state index in [1.165, 1.54) is 0 Å². The van der Waals surface area contributed by atoms with Gasteiger partial charge in [-0.25, -0.2) is 4.79 Å². The van der Waals surface area contributed by atoms with Crippen LogP contribution in [0, 0.1) is 0 Å². The molecule has 1 unspecified atom stereocenters. The monoisotopic (exact) mass is 296 g/mol. The summed E-state index contributed by atoms with van der Waals surface area (Å²) in [5.41, 5.74) is 2.13. The van der Waals surface area contributed by atoms with Gasteiger partial charge in [0.15, 0.2) is 0 Å². The van der Waals surface area contributed by atoms with Crippen LogP contribution in [0.15, 0.2) is 73.3 Å². The van der Waals surface area contributed by atoms with Gasteiger partial charge in [0.1, 0.15) is 12.2 Å². The Labute approximate surface area is 131 Å². The standard InChI is InChI=1S/C19H20O3/c1-3-18(20)22-15(2)14-21-19(16-10-6-4-7-11-16)17-12-8-5-9-13-17/h3-13,15,19H,1,14H2,2H3. The van der Waals surface area contributed by atoms with Crippen LogP contribution in [0.4, 0.5) is 0 Å². The van der Waals surface area contributed by atoms with Gasteiger partial charge in [0.25, 0.3) is 0 Å². The van der Waals surface area contributed by atoms with Crippen molar-refractivity contribution in [3.63, 3.8) is 0 Å². The van der Waals surface area contributed by atoms with Crippen molar-refractivity contribution in [3.8, 4) is 0 Å². The second-order valence-electron chi connectivity index (χ2n) is 4.99. The quantitative estimate of drug-likeness (QED) is 0.574. The zero-order chi connectivity index (χ0) is 15.8. The molecule has 3 heteroatoms. The minimum atomic E-state index is -0.438. The number of benzene rings is 2. The molecule has 1 atom stereocenters. The normalized spacial score (nSPS) is 11.9. The summed E-state index contributed by atoms with van der Waals surface area (Å²) in [5.74, 6) is -0.438. The zero-order valence-electron chi connectivity index (χ0n) is 12.6. The molecule has 2 aromatic carbocycles. The maximum absolute atomic E-state index is 11.2. The first-order valence-corrected chi connectivity index (χ1v) is 7.25. The fourth-order valence-corrected chi connectivity index (χ4v) is 2.15. The van der Waals surface area contributed by atoms with Gasteiger partial charge in [-0.1, -0.05) is 67.2 Å². The SMILES string of the molecule is C=CC(=O)OC(C)COC(c1ccccc1)c1ccccc1. The third-order valence-corrected chi connectivity index (χ3v) is 3.19. The van der Waals surface area contributed by atoms with Gasteiger partial charge in [-0.05, 0) is 18.1 Å². The highest BCUT2D eigenvalue weighted by molar-refractivity contribution is 5.81. The minimum Gasteiger partial charge on any atom is -0.457 e. The Morgan fingerprint density at radius 2 is 1.55 bits per heavy atom. The lowest BCUT2D eigenvalue weighted by molar-refractivity contribution is -0.145. The Balaban J connectivity index is 2.09. The number of carbonyl (C=O) groups excluding carboxylic acids is 1. The topological polar surface area (TPSA) is 35.5 Å². The molecule has 0 aliphatic heterocycles. The molecular formula is C19H20O3. The molecule has 0 aromatic heterocycles. The highest BCUT2D eigenvalue weighted by atomic mass is 16.6. The number of hydrogen-bond acceptors (Lipinski definition) is 3. The zero-order valence-corrected chi connectivity index (χ0v) is 12.6. The summed E-state index contributed by atoms with van der Waals surface area (Å²) in [4.78, 5) is 11.2. The van der Waals surface area contributed by atoms with Crippen LogP contribution in [0.1, 0.15) is 24.2 Å². The number of rotatable bonds is 7. The maximum Gasteiger partial charge on any atom is 0.330 e. The fraction of sp³-hybridized carbons (Fsp3) is 0.211. The molecule has 0 N–H and O–H groups in total. The molecule has 0 saturated carbocycles.